The maximum absolute atomic E-state index is 11.7. The van der Waals surface area contributed by atoms with Crippen molar-refractivity contribution in [1.29, 1.82) is 0 Å². The molecule has 2 N–H and O–H groups in total. The molecule has 0 aliphatic rings. The maximum Gasteiger partial charge on any atom is 0.256 e. The van der Waals surface area contributed by atoms with Crippen molar-refractivity contribution in [1.82, 2.24) is 10.3 Å². The van der Waals surface area contributed by atoms with Crippen LogP contribution >= 0.6 is 0 Å². The van der Waals surface area contributed by atoms with E-state index in [2.05, 4.69) is 24.1 Å². The lowest BCUT2D eigenvalue weighted by molar-refractivity contribution is 0.0904. The van der Waals surface area contributed by atoms with Crippen LogP contribution in [0.3, 0.4) is 0 Å². The normalized spacial score (nSPS) is 10.7. The van der Waals surface area contributed by atoms with Gasteiger partial charge >= 0.3 is 0 Å². The van der Waals surface area contributed by atoms with E-state index >= 15 is 0 Å². The van der Waals surface area contributed by atoms with E-state index in [1.54, 1.807) is 6.92 Å². The van der Waals surface area contributed by atoms with Gasteiger partial charge in [-0.25, -0.2) is 0 Å². The van der Waals surface area contributed by atoms with Crippen LogP contribution in [0.15, 0.2) is 17.1 Å². The van der Waals surface area contributed by atoms with Crippen LogP contribution in [0.4, 0.5) is 0 Å². The second-order valence-corrected chi connectivity index (χ2v) is 4.94. The first-order valence-electron chi connectivity index (χ1n) is 6.56. The van der Waals surface area contributed by atoms with E-state index < -0.39 is 0 Å². The summed E-state index contributed by atoms with van der Waals surface area (Å²) in [6, 6.07) is 1.41. The average molecular weight is 266 g/mol. The molecule has 106 valence electrons. The van der Waals surface area contributed by atoms with Gasteiger partial charge in [-0.1, -0.05) is 13.8 Å². The number of aryl methyl sites for hydroxylation is 1. The Morgan fingerprint density at radius 1 is 1.42 bits per heavy atom. The van der Waals surface area contributed by atoms with E-state index in [4.69, 9.17) is 4.74 Å². The van der Waals surface area contributed by atoms with Gasteiger partial charge in [0.05, 0.1) is 6.61 Å². The molecular formula is C14H22N2O3. The molecule has 0 unspecified atom stereocenters. The predicted molar refractivity (Wildman–Crippen MR) is 74.4 cm³/mol. The molecule has 1 heterocycles. The first-order chi connectivity index (χ1) is 9.00. The summed E-state index contributed by atoms with van der Waals surface area (Å²) in [6.07, 6.45) is 2.44. The minimum absolute atomic E-state index is 0.132. The van der Waals surface area contributed by atoms with Crippen LogP contribution in [0.25, 0.3) is 0 Å². The first-order valence-corrected chi connectivity index (χ1v) is 6.56. The smallest absolute Gasteiger partial charge is 0.256 e. The quantitative estimate of drug-likeness (QED) is 0.734. The highest BCUT2D eigenvalue weighted by molar-refractivity contribution is 5.93. The lowest BCUT2D eigenvalue weighted by atomic mass is 10.1. The molecule has 0 saturated carbocycles. The van der Waals surface area contributed by atoms with Crippen LogP contribution < -0.4 is 10.7 Å². The zero-order valence-corrected chi connectivity index (χ0v) is 11.8. The number of nitrogens with one attached hydrogen (secondary N) is 2. The predicted octanol–water partition coefficient (Wildman–Crippen LogP) is 1.48. The molecule has 0 radical (unpaired) electrons. The number of amides is 1. The SMILES string of the molecule is Cc1cc(=O)c(C(=O)NCCOCCC(C)C)c[nH]1. The number of ether oxygens (including phenoxy) is 1. The Labute approximate surface area is 113 Å². The topological polar surface area (TPSA) is 71.2 Å². The van der Waals surface area contributed by atoms with Gasteiger partial charge in [-0.3, -0.25) is 9.59 Å². The van der Waals surface area contributed by atoms with Crippen molar-refractivity contribution in [3.63, 3.8) is 0 Å². The maximum atomic E-state index is 11.7. The van der Waals surface area contributed by atoms with Gasteiger partial charge in [0.2, 0.25) is 0 Å². The van der Waals surface area contributed by atoms with Crippen molar-refractivity contribution in [3.8, 4) is 0 Å². The van der Waals surface area contributed by atoms with E-state index in [1.165, 1.54) is 12.3 Å². The Morgan fingerprint density at radius 3 is 2.79 bits per heavy atom. The summed E-state index contributed by atoms with van der Waals surface area (Å²) in [6.45, 7) is 7.60. The number of carbonyl (C=O) groups excluding carboxylic acids is 1. The fourth-order valence-electron chi connectivity index (χ4n) is 1.50. The van der Waals surface area contributed by atoms with Crippen molar-refractivity contribution >= 4 is 5.91 Å². The van der Waals surface area contributed by atoms with Crippen molar-refractivity contribution in [2.45, 2.75) is 27.2 Å². The summed E-state index contributed by atoms with van der Waals surface area (Å²) >= 11 is 0. The number of H-pyrrole nitrogens is 1. The second-order valence-electron chi connectivity index (χ2n) is 4.94. The standard InChI is InChI=1S/C14H22N2O3/c1-10(2)4-6-19-7-5-15-14(18)12-9-16-11(3)8-13(12)17/h8-10H,4-7H2,1-3H3,(H,15,18)(H,16,17). The molecule has 0 aromatic carbocycles. The lowest BCUT2D eigenvalue weighted by Crippen LogP contribution is -2.31. The molecule has 5 nitrogen and oxygen atoms in total. The molecule has 0 bridgehead atoms. The largest absolute Gasteiger partial charge is 0.380 e. The van der Waals surface area contributed by atoms with Gasteiger partial charge in [0.15, 0.2) is 5.43 Å². The number of carbonyl (C=O) groups is 1. The van der Waals surface area contributed by atoms with Crippen LogP contribution in [0, 0.1) is 12.8 Å². The average Bonchev–Trinajstić information content (AvgIpc) is 2.32. The first kappa shape index (κ1) is 15.4. The zero-order valence-electron chi connectivity index (χ0n) is 11.8. The molecule has 0 spiro atoms. The van der Waals surface area contributed by atoms with Crippen LogP contribution in [-0.4, -0.2) is 30.6 Å². The fourth-order valence-corrected chi connectivity index (χ4v) is 1.50. The summed E-state index contributed by atoms with van der Waals surface area (Å²) in [5.41, 5.74) is 0.598. The van der Waals surface area contributed by atoms with Gasteiger partial charge in [-0.15, -0.1) is 0 Å². The Morgan fingerprint density at radius 2 is 2.16 bits per heavy atom. The number of pyridine rings is 1. The lowest BCUT2D eigenvalue weighted by Gasteiger charge is -2.07. The Balaban J connectivity index is 2.30. The number of rotatable bonds is 7. The fraction of sp³-hybridized carbons (Fsp3) is 0.571. The molecular weight excluding hydrogens is 244 g/mol. The molecule has 1 rings (SSSR count). The Hall–Kier alpha value is -1.62. The number of aromatic amines is 1. The van der Waals surface area contributed by atoms with Gasteiger partial charge in [0.25, 0.3) is 5.91 Å². The van der Waals surface area contributed by atoms with E-state index in [0.29, 0.717) is 25.7 Å². The molecule has 0 fully saturated rings. The molecule has 19 heavy (non-hydrogen) atoms. The highest BCUT2D eigenvalue weighted by atomic mass is 16.5. The van der Waals surface area contributed by atoms with Crippen molar-refractivity contribution in [3.05, 3.63) is 33.7 Å². The van der Waals surface area contributed by atoms with Crippen LogP contribution in [-0.2, 0) is 4.74 Å². The molecule has 1 aromatic heterocycles. The zero-order chi connectivity index (χ0) is 14.3. The van der Waals surface area contributed by atoms with Gasteiger partial charge < -0.3 is 15.0 Å². The molecule has 1 aromatic rings. The molecule has 0 aliphatic heterocycles. The summed E-state index contributed by atoms with van der Waals surface area (Å²) in [4.78, 5) is 26.2. The van der Waals surface area contributed by atoms with Crippen molar-refractivity contribution < 1.29 is 9.53 Å². The molecule has 0 aliphatic carbocycles. The van der Waals surface area contributed by atoms with Gasteiger partial charge in [-0.2, -0.15) is 0 Å². The van der Waals surface area contributed by atoms with Crippen molar-refractivity contribution in [2.24, 2.45) is 5.92 Å². The Bertz CT molecular complexity index is 466. The molecule has 0 saturated heterocycles. The van der Waals surface area contributed by atoms with Crippen LogP contribution in [0.5, 0.6) is 0 Å². The van der Waals surface area contributed by atoms with Gasteiger partial charge in [0, 0.05) is 31.1 Å². The molecule has 5 heteroatoms. The van der Waals surface area contributed by atoms with E-state index in [1.807, 2.05) is 0 Å². The van der Waals surface area contributed by atoms with E-state index in [9.17, 15) is 9.59 Å². The highest BCUT2D eigenvalue weighted by Crippen LogP contribution is 1.98. The van der Waals surface area contributed by atoms with Crippen molar-refractivity contribution in [2.75, 3.05) is 19.8 Å². The highest BCUT2D eigenvalue weighted by Gasteiger charge is 2.09. The number of aromatic nitrogens is 1. The second kappa shape index (κ2) is 7.74. The van der Waals surface area contributed by atoms with Crippen LogP contribution in [0.1, 0.15) is 36.3 Å². The third-order valence-electron chi connectivity index (χ3n) is 2.67. The van der Waals surface area contributed by atoms with Gasteiger partial charge in [0.1, 0.15) is 5.56 Å². The minimum atomic E-state index is -0.367. The van der Waals surface area contributed by atoms with E-state index in [-0.39, 0.29) is 16.9 Å². The molecule has 0 atom stereocenters. The van der Waals surface area contributed by atoms with Crippen LogP contribution in [0.2, 0.25) is 0 Å². The summed E-state index contributed by atoms with van der Waals surface area (Å²) in [5, 5.41) is 2.66. The third kappa shape index (κ3) is 5.70. The minimum Gasteiger partial charge on any atom is -0.380 e. The Kier molecular flexibility index (Phi) is 6.29. The monoisotopic (exact) mass is 266 g/mol. The third-order valence-corrected chi connectivity index (χ3v) is 2.67. The summed E-state index contributed by atoms with van der Waals surface area (Å²) < 4.78 is 5.38. The molecule has 1 amide bonds. The van der Waals surface area contributed by atoms with E-state index in [0.717, 1.165) is 12.1 Å². The number of hydrogen-bond donors (Lipinski definition) is 2. The summed E-state index contributed by atoms with van der Waals surface area (Å²) in [5.74, 6) is 0.245. The van der Waals surface area contributed by atoms with Gasteiger partial charge in [-0.05, 0) is 19.3 Å². The number of hydrogen-bond acceptors (Lipinski definition) is 3. The summed E-state index contributed by atoms with van der Waals surface area (Å²) in [7, 11) is 0.